The normalized spacial score (nSPS) is 11.9. The van der Waals surface area contributed by atoms with E-state index in [1.54, 1.807) is 25.1 Å². The van der Waals surface area contributed by atoms with Gasteiger partial charge in [-0.2, -0.15) is 0 Å². The summed E-state index contributed by atoms with van der Waals surface area (Å²) in [5.74, 6) is -0.271. The van der Waals surface area contributed by atoms with Gasteiger partial charge in [-0.05, 0) is 32.4 Å². The molecule has 0 aliphatic rings. The topological polar surface area (TPSA) is 49.4 Å². The molecule has 1 atom stereocenters. The number of amides is 2. The molecule has 2 amide bonds. The van der Waals surface area contributed by atoms with Gasteiger partial charge in [0, 0.05) is 35.1 Å². The fourth-order valence-corrected chi connectivity index (χ4v) is 2.63. The Morgan fingerprint density at radius 3 is 2.32 bits per heavy atom. The smallest absolute Gasteiger partial charge is 0.242 e. The Kier molecular flexibility index (Phi) is 7.69. The predicted octanol–water partition coefficient (Wildman–Crippen LogP) is 3.65. The van der Waals surface area contributed by atoms with Gasteiger partial charge in [-0.25, -0.2) is 0 Å². The molecule has 4 nitrogen and oxygen atoms in total. The minimum absolute atomic E-state index is 0.0859. The van der Waals surface area contributed by atoms with Crippen molar-refractivity contribution in [3.8, 4) is 0 Å². The third kappa shape index (κ3) is 4.89. The molecule has 22 heavy (non-hydrogen) atoms. The summed E-state index contributed by atoms with van der Waals surface area (Å²) < 4.78 is 0. The zero-order valence-electron chi connectivity index (χ0n) is 13.2. The van der Waals surface area contributed by atoms with Crippen molar-refractivity contribution in [1.29, 1.82) is 0 Å². The van der Waals surface area contributed by atoms with Crippen molar-refractivity contribution in [2.75, 3.05) is 6.54 Å². The van der Waals surface area contributed by atoms with Gasteiger partial charge < -0.3 is 10.2 Å². The van der Waals surface area contributed by atoms with Crippen LogP contribution in [-0.2, 0) is 16.1 Å². The summed E-state index contributed by atoms with van der Waals surface area (Å²) in [5.41, 5.74) is 0.659. The van der Waals surface area contributed by atoms with Crippen LogP contribution in [-0.4, -0.2) is 29.3 Å². The molecule has 0 aliphatic heterocycles. The summed E-state index contributed by atoms with van der Waals surface area (Å²) in [4.78, 5) is 26.0. The number of carbonyl (C=O) groups is 2. The van der Waals surface area contributed by atoms with Crippen LogP contribution in [0.1, 0.15) is 39.2 Å². The minimum Gasteiger partial charge on any atom is -0.355 e. The molecule has 0 bridgehead atoms. The van der Waals surface area contributed by atoms with Crippen LogP contribution in [0.4, 0.5) is 0 Å². The molecule has 0 saturated heterocycles. The van der Waals surface area contributed by atoms with Crippen LogP contribution in [0.3, 0.4) is 0 Å². The first-order valence-corrected chi connectivity index (χ1v) is 8.18. The lowest BCUT2D eigenvalue weighted by molar-refractivity contribution is -0.140. The van der Waals surface area contributed by atoms with Gasteiger partial charge in [0.25, 0.3) is 0 Å². The quantitative estimate of drug-likeness (QED) is 0.820. The lowest BCUT2D eigenvalue weighted by Gasteiger charge is -2.29. The Balaban J connectivity index is 3.05. The van der Waals surface area contributed by atoms with Crippen LogP contribution in [0, 0.1) is 0 Å². The molecule has 0 spiro atoms. The minimum atomic E-state index is -0.577. The molecule has 0 aliphatic carbocycles. The molecular weight excluding hydrogens is 323 g/mol. The van der Waals surface area contributed by atoms with Crippen LogP contribution in [0.15, 0.2) is 18.2 Å². The highest BCUT2D eigenvalue weighted by Crippen LogP contribution is 2.26. The van der Waals surface area contributed by atoms with Gasteiger partial charge in [-0.15, -0.1) is 0 Å². The fourth-order valence-electron chi connectivity index (χ4n) is 2.12. The zero-order chi connectivity index (χ0) is 16.7. The van der Waals surface area contributed by atoms with E-state index >= 15 is 0 Å². The van der Waals surface area contributed by atoms with E-state index < -0.39 is 6.04 Å². The van der Waals surface area contributed by atoms with Crippen molar-refractivity contribution >= 4 is 35.0 Å². The molecule has 0 radical (unpaired) electrons. The molecule has 1 N–H and O–H groups in total. The number of benzene rings is 1. The second-order valence-corrected chi connectivity index (χ2v) is 5.86. The van der Waals surface area contributed by atoms with Crippen LogP contribution in [0.25, 0.3) is 0 Å². The van der Waals surface area contributed by atoms with E-state index in [0.717, 1.165) is 0 Å². The Morgan fingerprint density at radius 1 is 1.23 bits per heavy atom. The summed E-state index contributed by atoms with van der Waals surface area (Å²) in [6.45, 7) is 6.22. The van der Waals surface area contributed by atoms with Crippen molar-refractivity contribution in [1.82, 2.24) is 10.2 Å². The first-order chi connectivity index (χ1) is 10.4. The van der Waals surface area contributed by atoms with Crippen molar-refractivity contribution in [3.63, 3.8) is 0 Å². The average Bonchev–Trinajstić information content (AvgIpc) is 2.46. The molecule has 1 rings (SSSR count). The van der Waals surface area contributed by atoms with E-state index in [0.29, 0.717) is 35.0 Å². The van der Waals surface area contributed by atoms with Crippen LogP contribution >= 0.6 is 23.2 Å². The first-order valence-electron chi connectivity index (χ1n) is 7.42. The SMILES string of the molecule is CCCC(=O)N(Cc1c(Cl)cccc1Cl)[C@@H](C)C(=O)NCC. The average molecular weight is 345 g/mol. The lowest BCUT2D eigenvalue weighted by atomic mass is 10.1. The van der Waals surface area contributed by atoms with E-state index in [9.17, 15) is 9.59 Å². The van der Waals surface area contributed by atoms with Gasteiger partial charge in [0.1, 0.15) is 6.04 Å². The fraction of sp³-hybridized carbons (Fsp3) is 0.500. The van der Waals surface area contributed by atoms with Gasteiger partial charge in [-0.3, -0.25) is 9.59 Å². The van der Waals surface area contributed by atoms with Crippen molar-refractivity contribution in [2.24, 2.45) is 0 Å². The lowest BCUT2D eigenvalue weighted by Crippen LogP contribution is -2.47. The standard InChI is InChI=1S/C16H22Cl2N2O2/c1-4-7-15(21)20(11(3)16(22)19-5-2)10-12-13(17)8-6-9-14(12)18/h6,8-9,11H,4-5,7,10H2,1-3H3,(H,19,22)/t11-/m0/s1. The Morgan fingerprint density at radius 2 is 1.82 bits per heavy atom. The number of nitrogens with zero attached hydrogens (tertiary/aromatic N) is 1. The number of halogens is 2. The monoisotopic (exact) mass is 344 g/mol. The summed E-state index contributed by atoms with van der Waals surface area (Å²) in [7, 11) is 0. The molecule has 6 heteroatoms. The molecule has 0 unspecified atom stereocenters. The van der Waals surface area contributed by atoms with Crippen molar-refractivity contribution < 1.29 is 9.59 Å². The molecule has 0 aromatic heterocycles. The third-order valence-corrected chi connectivity index (χ3v) is 4.08. The van der Waals surface area contributed by atoms with Gasteiger partial charge in [0.2, 0.25) is 11.8 Å². The maximum Gasteiger partial charge on any atom is 0.242 e. The molecular formula is C16H22Cl2N2O2. The van der Waals surface area contributed by atoms with E-state index in [-0.39, 0.29) is 18.4 Å². The second kappa shape index (κ2) is 9.01. The number of likely N-dealkylation sites (N-methyl/N-ethyl adjacent to an activating group) is 1. The molecule has 0 saturated carbocycles. The van der Waals surface area contributed by atoms with Crippen LogP contribution < -0.4 is 5.32 Å². The largest absolute Gasteiger partial charge is 0.355 e. The highest BCUT2D eigenvalue weighted by atomic mass is 35.5. The Hall–Kier alpha value is -1.26. The molecule has 0 heterocycles. The van der Waals surface area contributed by atoms with E-state index in [4.69, 9.17) is 23.2 Å². The summed E-state index contributed by atoms with van der Waals surface area (Å²) in [6, 6.07) is 4.62. The summed E-state index contributed by atoms with van der Waals surface area (Å²) >= 11 is 12.4. The Bertz CT molecular complexity index is 515. The number of nitrogens with one attached hydrogen (secondary N) is 1. The van der Waals surface area contributed by atoms with Gasteiger partial charge in [0.05, 0.1) is 0 Å². The van der Waals surface area contributed by atoms with Crippen LogP contribution in [0.5, 0.6) is 0 Å². The number of hydrogen-bond donors (Lipinski definition) is 1. The summed E-state index contributed by atoms with van der Waals surface area (Å²) in [6.07, 6.45) is 1.10. The maximum absolute atomic E-state index is 12.4. The summed E-state index contributed by atoms with van der Waals surface area (Å²) in [5, 5.41) is 3.72. The molecule has 1 aromatic rings. The van der Waals surface area contributed by atoms with E-state index in [1.165, 1.54) is 4.90 Å². The van der Waals surface area contributed by atoms with E-state index in [1.807, 2.05) is 13.8 Å². The predicted molar refractivity (Wildman–Crippen MR) is 90.1 cm³/mol. The van der Waals surface area contributed by atoms with Crippen molar-refractivity contribution in [2.45, 2.75) is 46.2 Å². The van der Waals surface area contributed by atoms with Crippen molar-refractivity contribution in [3.05, 3.63) is 33.8 Å². The Labute approximate surface area is 141 Å². The van der Waals surface area contributed by atoms with Gasteiger partial charge >= 0.3 is 0 Å². The second-order valence-electron chi connectivity index (χ2n) is 5.04. The van der Waals surface area contributed by atoms with Gasteiger partial charge in [0.15, 0.2) is 0 Å². The maximum atomic E-state index is 12.4. The first kappa shape index (κ1) is 18.8. The third-order valence-electron chi connectivity index (χ3n) is 3.37. The zero-order valence-corrected chi connectivity index (χ0v) is 14.7. The molecule has 0 fully saturated rings. The molecule has 122 valence electrons. The van der Waals surface area contributed by atoms with Crippen LogP contribution in [0.2, 0.25) is 10.0 Å². The number of hydrogen-bond acceptors (Lipinski definition) is 2. The molecule has 1 aromatic carbocycles. The highest BCUT2D eigenvalue weighted by molar-refractivity contribution is 6.36. The van der Waals surface area contributed by atoms with Gasteiger partial charge in [-0.1, -0.05) is 36.2 Å². The van der Waals surface area contributed by atoms with E-state index in [2.05, 4.69) is 5.32 Å². The number of carbonyl (C=O) groups excluding carboxylic acids is 2. The number of rotatable bonds is 7. The highest BCUT2D eigenvalue weighted by Gasteiger charge is 2.26.